The molecule has 23 heavy (non-hydrogen) atoms. The minimum atomic E-state index is -0.710. The van der Waals surface area contributed by atoms with Crippen molar-refractivity contribution >= 4 is 28.5 Å². The van der Waals surface area contributed by atoms with E-state index in [1.807, 2.05) is 6.92 Å². The molecule has 0 radical (unpaired) electrons. The number of rotatable bonds is 4. The van der Waals surface area contributed by atoms with Crippen molar-refractivity contribution in [1.82, 2.24) is 20.5 Å². The van der Waals surface area contributed by atoms with Gasteiger partial charge in [-0.2, -0.15) is 5.10 Å². The summed E-state index contributed by atoms with van der Waals surface area (Å²) in [6.07, 6.45) is 4.23. The Morgan fingerprint density at radius 3 is 2.96 bits per heavy atom. The summed E-state index contributed by atoms with van der Waals surface area (Å²) in [6, 6.07) is 2.60. The predicted molar refractivity (Wildman–Crippen MR) is 82.9 cm³/mol. The van der Waals surface area contributed by atoms with E-state index < -0.39 is 6.04 Å². The van der Waals surface area contributed by atoms with Crippen LogP contribution in [0.1, 0.15) is 23.0 Å². The number of hydrogen-bond donors (Lipinski definition) is 3. The van der Waals surface area contributed by atoms with Crippen molar-refractivity contribution in [3.05, 3.63) is 42.1 Å². The number of nitrogens with one attached hydrogen (secondary N) is 3. The van der Waals surface area contributed by atoms with Gasteiger partial charge in [0.1, 0.15) is 12.3 Å². The number of amides is 2. The number of nitrogens with zero attached hydrogens (tertiary/aromatic N) is 2. The van der Waals surface area contributed by atoms with Crippen LogP contribution in [0.15, 0.2) is 35.3 Å². The highest BCUT2D eigenvalue weighted by atomic mass is 16.3. The second kappa shape index (κ2) is 5.91. The highest BCUT2D eigenvalue weighted by molar-refractivity contribution is 6.01. The monoisotopic (exact) mass is 313 g/mol. The standard InChI is InChI=1S/C15H15N5O3/c1-8-12-5-11(6-16-13(12)20-19-8)18-14(21)9(2)17-15(22)10-3-4-23-7-10/h3-7,9H,1-2H3,(H,17,22)(H,18,21)(H,16,19,20). The molecule has 3 aromatic heterocycles. The zero-order chi connectivity index (χ0) is 16.4. The Bertz CT molecular complexity index is 853. The van der Waals surface area contributed by atoms with Crippen molar-refractivity contribution in [2.24, 2.45) is 0 Å². The lowest BCUT2D eigenvalue weighted by Crippen LogP contribution is -2.41. The van der Waals surface area contributed by atoms with Gasteiger partial charge in [-0.3, -0.25) is 14.7 Å². The molecule has 3 N–H and O–H groups in total. The second-order valence-electron chi connectivity index (χ2n) is 5.14. The number of aromatic nitrogens is 3. The van der Waals surface area contributed by atoms with Crippen LogP contribution >= 0.6 is 0 Å². The van der Waals surface area contributed by atoms with E-state index in [9.17, 15) is 9.59 Å². The van der Waals surface area contributed by atoms with E-state index in [0.29, 0.717) is 16.9 Å². The van der Waals surface area contributed by atoms with Gasteiger partial charge in [-0.15, -0.1) is 0 Å². The first-order valence-electron chi connectivity index (χ1n) is 6.99. The molecule has 0 bridgehead atoms. The van der Waals surface area contributed by atoms with Gasteiger partial charge in [0.2, 0.25) is 5.91 Å². The molecule has 3 aromatic rings. The fraction of sp³-hybridized carbons (Fsp3) is 0.200. The number of hydrogen-bond acceptors (Lipinski definition) is 5. The summed E-state index contributed by atoms with van der Waals surface area (Å²) in [5.74, 6) is -0.718. The Balaban J connectivity index is 1.67. The normalized spacial score (nSPS) is 12.1. The number of carbonyl (C=O) groups is 2. The summed E-state index contributed by atoms with van der Waals surface area (Å²) in [4.78, 5) is 28.2. The molecule has 0 saturated heterocycles. The molecular weight excluding hydrogens is 298 g/mol. The molecule has 8 nitrogen and oxygen atoms in total. The van der Waals surface area contributed by atoms with E-state index in [2.05, 4.69) is 25.8 Å². The average Bonchev–Trinajstić information content (AvgIpc) is 3.18. The quantitative estimate of drug-likeness (QED) is 0.677. The Morgan fingerprint density at radius 1 is 1.39 bits per heavy atom. The molecular formula is C15H15N5O3. The van der Waals surface area contributed by atoms with Gasteiger partial charge in [0.25, 0.3) is 5.91 Å². The molecule has 0 aliphatic heterocycles. The van der Waals surface area contributed by atoms with Gasteiger partial charge in [0, 0.05) is 11.1 Å². The van der Waals surface area contributed by atoms with Crippen molar-refractivity contribution < 1.29 is 14.0 Å². The van der Waals surface area contributed by atoms with Crippen LogP contribution in [0.3, 0.4) is 0 Å². The topological polar surface area (TPSA) is 113 Å². The summed E-state index contributed by atoms with van der Waals surface area (Å²) in [5.41, 5.74) is 2.35. The Morgan fingerprint density at radius 2 is 2.22 bits per heavy atom. The molecule has 0 saturated carbocycles. The second-order valence-corrected chi connectivity index (χ2v) is 5.14. The fourth-order valence-corrected chi connectivity index (χ4v) is 2.08. The predicted octanol–water partition coefficient (Wildman–Crippen LogP) is 1.62. The SMILES string of the molecule is Cc1[nH]nc2ncc(NC(=O)C(C)NC(=O)c3ccoc3)cc12. The molecule has 3 heterocycles. The smallest absolute Gasteiger partial charge is 0.255 e. The van der Waals surface area contributed by atoms with Crippen LogP contribution in [-0.2, 0) is 4.79 Å². The highest BCUT2D eigenvalue weighted by Crippen LogP contribution is 2.17. The van der Waals surface area contributed by atoms with E-state index in [0.717, 1.165) is 11.1 Å². The molecule has 8 heteroatoms. The van der Waals surface area contributed by atoms with Crippen LogP contribution < -0.4 is 10.6 Å². The number of aryl methyl sites for hydroxylation is 1. The van der Waals surface area contributed by atoms with Crippen molar-refractivity contribution in [3.8, 4) is 0 Å². The maximum Gasteiger partial charge on any atom is 0.255 e. The first-order valence-corrected chi connectivity index (χ1v) is 6.99. The average molecular weight is 313 g/mol. The molecule has 2 amide bonds. The first kappa shape index (κ1) is 14.8. The summed E-state index contributed by atoms with van der Waals surface area (Å²) >= 11 is 0. The summed E-state index contributed by atoms with van der Waals surface area (Å²) in [7, 11) is 0. The number of anilines is 1. The van der Waals surface area contributed by atoms with Crippen LogP contribution in [0, 0.1) is 6.92 Å². The van der Waals surface area contributed by atoms with Crippen LogP contribution in [0.5, 0.6) is 0 Å². The maximum atomic E-state index is 12.2. The van der Waals surface area contributed by atoms with Crippen molar-refractivity contribution in [2.75, 3.05) is 5.32 Å². The third kappa shape index (κ3) is 3.05. The van der Waals surface area contributed by atoms with Crippen molar-refractivity contribution in [2.45, 2.75) is 19.9 Å². The van der Waals surface area contributed by atoms with Gasteiger partial charge < -0.3 is 15.1 Å². The fourth-order valence-electron chi connectivity index (χ4n) is 2.08. The summed E-state index contributed by atoms with van der Waals surface area (Å²) in [6.45, 7) is 3.47. The number of pyridine rings is 1. The zero-order valence-electron chi connectivity index (χ0n) is 12.6. The Kier molecular flexibility index (Phi) is 3.80. The van der Waals surface area contributed by atoms with Crippen LogP contribution in [-0.4, -0.2) is 33.0 Å². The van der Waals surface area contributed by atoms with Crippen LogP contribution in [0.25, 0.3) is 11.0 Å². The lowest BCUT2D eigenvalue weighted by Gasteiger charge is -2.13. The number of carbonyl (C=O) groups excluding carboxylic acids is 2. The lowest BCUT2D eigenvalue weighted by molar-refractivity contribution is -0.117. The third-order valence-electron chi connectivity index (χ3n) is 3.39. The maximum absolute atomic E-state index is 12.2. The van der Waals surface area contributed by atoms with Gasteiger partial charge in [0.15, 0.2) is 5.65 Å². The largest absolute Gasteiger partial charge is 0.472 e. The molecule has 0 aromatic carbocycles. The lowest BCUT2D eigenvalue weighted by atomic mass is 10.2. The number of aromatic amines is 1. The molecule has 1 unspecified atom stereocenters. The van der Waals surface area contributed by atoms with Gasteiger partial charge in [-0.25, -0.2) is 4.98 Å². The summed E-state index contributed by atoms with van der Waals surface area (Å²) < 4.78 is 4.84. The van der Waals surface area contributed by atoms with E-state index in [-0.39, 0.29) is 11.8 Å². The van der Waals surface area contributed by atoms with Gasteiger partial charge in [-0.05, 0) is 26.0 Å². The van der Waals surface area contributed by atoms with Gasteiger partial charge in [0.05, 0.1) is 23.7 Å². The number of H-pyrrole nitrogens is 1. The Labute approximate surface area is 131 Å². The molecule has 0 spiro atoms. The van der Waals surface area contributed by atoms with Crippen LogP contribution in [0.2, 0.25) is 0 Å². The Hall–Kier alpha value is -3.16. The van der Waals surface area contributed by atoms with E-state index in [1.165, 1.54) is 24.8 Å². The van der Waals surface area contributed by atoms with E-state index in [1.54, 1.807) is 13.0 Å². The molecule has 1 atom stereocenters. The van der Waals surface area contributed by atoms with E-state index in [4.69, 9.17) is 4.42 Å². The zero-order valence-corrected chi connectivity index (χ0v) is 12.6. The minimum Gasteiger partial charge on any atom is -0.472 e. The highest BCUT2D eigenvalue weighted by Gasteiger charge is 2.17. The van der Waals surface area contributed by atoms with Crippen LogP contribution in [0.4, 0.5) is 5.69 Å². The molecule has 0 aliphatic rings. The van der Waals surface area contributed by atoms with Gasteiger partial charge >= 0.3 is 0 Å². The van der Waals surface area contributed by atoms with Crippen molar-refractivity contribution in [1.29, 1.82) is 0 Å². The minimum absolute atomic E-state index is 0.343. The number of fused-ring (bicyclic) bond motifs is 1. The van der Waals surface area contributed by atoms with Gasteiger partial charge in [-0.1, -0.05) is 0 Å². The third-order valence-corrected chi connectivity index (χ3v) is 3.39. The summed E-state index contributed by atoms with van der Waals surface area (Å²) in [5, 5.41) is 13.0. The molecule has 118 valence electrons. The molecule has 3 rings (SSSR count). The molecule has 0 aliphatic carbocycles. The molecule has 0 fully saturated rings. The van der Waals surface area contributed by atoms with E-state index >= 15 is 0 Å². The number of furan rings is 1. The first-order chi connectivity index (χ1) is 11.0. The van der Waals surface area contributed by atoms with Crippen molar-refractivity contribution in [3.63, 3.8) is 0 Å².